The Bertz CT molecular complexity index is 1340. The number of carbonyl (C=O) groups is 2. The molecule has 0 saturated heterocycles. The Morgan fingerprint density at radius 1 is 1.12 bits per heavy atom. The number of fused-ring (bicyclic) bond motifs is 1. The molecule has 0 bridgehead atoms. The lowest BCUT2D eigenvalue weighted by Gasteiger charge is -2.18. The molecule has 0 fully saturated rings. The SMILES string of the molecule is Nc1c(C(=O)c2ccccc2)cccc1S(=O)(=O)NC1=CCCc2c1cnn2CC(=O)O. The topological polar surface area (TPSA) is 144 Å². The summed E-state index contributed by atoms with van der Waals surface area (Å²) >= 11 is 0. The van der Waals surface area contributed by atoms with Crippen LogP contribution in [0, 0.1) is 0 Å². The molecule has 1 aromatic heterocycles. The third-order valence-corrected chi connectivity index (χ3v) is 6.56. The fourth-order valence-corrected chi connectivity index (χ4v) is 4.89. The normalized spacial score (nSPS) is 13.2. The van der Waals surface area contributed by atoms with Gasteiger partial charge in [0.05, 0.1) is 17.6 Å². The predicted octanol–water partition coefficient (Wildman–Crippen LogP) is 2.05. The van der Waals surface area contributed by atoms with E-state index in [0.29, 0.717) is 35.4 Å². The number of hydrogen-bond donors (Lipinski definition) is 3. The van der Waals surface area contributed by atoms with Gasteiger partial charge in [0, 0.05) is 22.4 Å². The van der Waals surface area contributed by atoms with Crippen molar-refractivity contribution in [3.05, 3.63) is 83.2 Å². The van der Waals surface area contributed by atoms with E-state index >= 15 is 0 Å². The van der Waals surface area contributed by atoms with Crippen molar-refractivity contribution in [1.82, 2.24) is 14.5 Å². The predicted molar refractivity (Wildman–Crippen MR) is 117 cm³/mol. The number of aromatic nitrogens is 2. The molecule has 0 saturated carbocycles. The van der Waals surface area contributed by atoms with Crippen LogP contribution in [-0.2, 0) is 27.8 Å². The Morgan fingerprint density at radius 3 is 2.59 bits per heavy atom. The summed E-state index contributed by atoms with van der Waals surface area (Å²) < 4.78 is 30.2. The minimum absolute atomic E-state index is 0.0895. The number of nitrogen functional groups attached to an aromatic ring is 1. The number of benzene rings is 2. The van der Waals surface area contributed by atoms with Crippen molar-refractivity contribution in [2.24, 2.45) is 0 Å². The molecular formula is C22H20N4O5S. The second kappa shape index (κ2) is 8.31. The minimum atomic E-state index is -4.13. The molecule has 2 aromatic carbocycles. The monoisotopic (exact) mass is 452 g/mol. The molecule has 1 aliphatic rings. The Labute approximate surface area is 184 Å². The first kappa shape index (κ1) is 21.3. The third kappa shape index (κ3) is 4.00. The van der Waals surface area contributed by atoms with Crippen LogP contribution in [-0.4, -0.2) is 35.1 Å². The maximum absolute atomic E-state index is 13.2. The summed E-state index contributed by atoms with van der Waals surface area (Å²) in [6.07, 6.45) is 4.20. The number of ketones is 1. The largest absolute Gasteiger partial charge is 0.480 e. The maximum Gasteiger partial charge on any atom is 0.325 e. The Kier molecular flexibility index (Phi) is 5.54. The van der Waals surface area contributed by atoms with Crippen molar-refractivity contribution in [2.75, 3.05) is 5.73 Å². The van der Waals surface area contributed by atoms with Crippen LogP contribution in [0.25, 0.3) is 5.70 Å². The van der Waals surface area contributed by atoms with Crippen molar-refractivity contribution in [2.45, 2.75) is 24.3 Å². The van der Waals surface area contributed by atoms with E-state index in [1.54, 1.807) is 36.4 Å². The zero-order chi connectivity index (χ0) is 22.9. The van der Waals surface area contributed by atoms with E-state index in [1.807, 2.05) is 0 Å². The van der Waals surface area contributed by atoms with E-state index in [1.165, 1.54) is 29.1 Å². The summed E-state index contributed by atoms with van der Waals surface area (Å²) in [5.74, 6) is -1.42. The Balaban J connectivity index is 1.66. The Hall–Kier alpha value is -3.92. The van der Waals surface area contributed by atoms with E-state index < -0.39 is 16.0 Å². The van der Waals surface area contributed by atoms with Gasteiger partial charge in [0.15, 0.2) is 5.78 Å². The summed E-state index contributed by atoms with van der Waals surface area (Å²) in [6.45, 7) is -0.314. The molecule has 4 rings (SSSR count). The molecular weight excluding hydrogens is 432 g/mol. The zero-order valence-corrected chi connectivity index (χ0v) is 17.7. The molecule has 1 aliphatic carbocycles. The molecule has 32 heavy (non-hydrogen) atoms. The van der Waals surface area contributed by atoms with Gasteiger partial charge < -0.3 is 10.8 Å². The molecule has 9 nitrogen and oxygen atoms in total. The van der Waals surface area contributed by atoms with Crippen LogP contribution >= 0.6 is 0 Å². The van der Waals surface area contributed by atoms with E-state index in [-0.39, 0.29) is 28.5 Å². The number of nitrogens with two attached hydrogens (primary N) is 1. The summed E-state index contributed by atoms with van der Waals surface area (Å²) in [5, 5.41) is 13.1. The number of para-hydroxylation sites is 1. The lowest BCUT2D eigenvalue weighted by Crippen LogP contribution is -2.26. The highest BCUT2D eigenvalue weighted by atomic mass is 32.2. The number of nitrogens with zero attached hydrogens (tertiary/aromatic N) is 2. The van der Waals surface area contributed by atoms with Crippen LogP contribution < -0.4 is 10.5 Å². The highest BCUT2D eigenvalue weighted by Crippen LogP contribution is 2.29. The fourth-order valence-electron chi connectivity index (χ4n) is 3.64. The molecule has 0 amide bonds. The van der Waals surface area contributed by atoms with Crippen LogP contribution in [0.1, 0.15) is 33.6 Å². The van der Waals surface area contributed by atoms with Gasteiger partial charge in [-0.3, -0.25) is 19.0 Å². The average Bonchev–Trinajstić information content (AvgIpc) is 3.17. The molecule has 1 heterocycles. The van der Waals surface area contributed by atoms with Crippen LogP contribution in [0.5, 0.6) is 0 Å². The first-order chi connectivity index (χ1) is 15.3. The quantitative estimate of drug-likeness (QED) is 0.367. The molecule has 10 heteroatoms. The molecule has 0 aliphatic heterocycles. The van der Waals surface area contributed by atoms with Crippen molar-refractivity contribution in [3.8, 4) is 0 Å². The Morgan fingerprint density at radius 2 is 1.88 bits per heavy atom. The lowest BCUT2D eigenvalue weighted by molar-refractivity contribution is -0.137. The van der Waals surface area contributed by atoms with E-state index in [4.69, 9.17) is 10.8 Å². The maximum atomic E-state index is 13.2. The average molecular weight is 452 g/mol. The van der Waals surface area contributed by atoms with Gasteiger partial charge in [-0.05, 0) is 25.0 Å². The van der Waals surface area contributed by atoms with Crippen LogP contribution in [0.4, 0.5) is 5.69 Å². The number of aliphatic carboxylic acids is 1. The van der Waals surface area contributed by atoms with E-state index in [0.717, 1.165) is 0 Å². The van der Waals surface area contributed by atoms with Crippen LogP contribution in [0.2, 0.25) is 0 Å². The van der Waals surface area contributed by atoms with Crippen molar-refractivity contribution in [3.63, 3.8) is 0 Å². The molecule has 4 N–H and O–H groups in total. The number of allylic oxidation sites excluding steroid dienone is 1. The lowest BCUT2D eigenvalue weighted by atomic mass is 10.0. The fraction of sp³-hybridized carbons (Fsp3) is 0.136. The summed E-state index contributed by atoms with van der Waals surface area (Å²) in [4.78, 5) is 23.7. The standard InChI is InChI=1S/C22H20N4O5S/c23-21-15(22(29)14-6-2-1-3-7-14)8-4-11-19(21)32(30,31)25-17-9-5-10-18-16(17)12-24-26(18)13-20(27)28/h1-4,6-9,11-12,25H,5,10,13,23H2,(H,27,28). The van der Waals surface area contributed by atoms with Gasteiger partial charge >= 0.3 is 5.97 Å². The van der Waals surface area contributed by atoms with E-state index in [2.05, 4.69) is 9.82 Å². The number of hydrogen-bond acceptors (Lipinski definition) is 6. The van der Waals surface area contributed by atoms with Crippen LogP contribution in [0.15, 0.2) is 65.7 Å². The van der Waals surface area contributed by atoms with Gasteiger partial charge in [-0.25, -0.2) is 8.42 Å². The highest BCUT2D eigenvalue weighted by Gasteiger charge is 2.26. The van der Waals surface area contributed by atoms with Gasteiger partial charge in [0.25, 0.3) is 10.0 Å². The van der Waals surface area contributed by atoms with Crippen LogP contribution in [0.3, 0.4) is 0 Å². The minimum Gasteiger partial charge on any atom is -0.480 e. The molecule has 0 radical (unpaired) electrons. The van der Waals surface area contributed by atoms with Gasteiger partial charge in [-0.2, -0.15) is 5.10 Å². The molecule has 0 atom stereocenters. The molecule has 3 aromatic rings. The van der Waals surface area contributed by atoms with Gasteiger partial charge in [-0.1, -0.05) is 42.5 Å². The molecule has 0 unspecified atom stereocenters. The second-order valence-electron chi connectivity index (χ2n) is 7.23. The summed E-state index contributed by atoms with van der Waals surface area (Å²) in [5.41, 5.74) is 7.90. The van der Waals surface area contributed by atoms with Gasteiger partial charge in [-0.15, -0.1) is 0 Å². The number of carboxylic acids is 1. The number of carboxylic acid groups (broad SMARTS) is 1. The molecule has 0 spiro atoms. The molecule has 164 valence electrons. The second-order valence-corrected chi connectivity index (χ2v) is 8.88. The number of carbonyl (C=O) groups excluding carboxylic acids is 1. The summed E-state index contributed by atoms with van der Waals surface area (Å²) in [7, 11) is -4.13. The van der Waals surface area contributed by atoms with Gasteiger partial charge in [0.1, 0.15) is 11.4 Å². The van der Waals surface area contributed by atoms with Crippen molar-refractivity contribution >= 4 is 33.2 Å². The van der Waals surface area contributed by atoms with Crippen molar-refractivity contribution < 1.29 is 23.1 Å². The first-order valence-electron chi connectivity index (χ1n) is 9.76. The first-order valence-corrected chi connectivity index (χ1v) is 11.2. The van der Waals surface area contributed by atoms with E-state index in [9.17, 15) is 18.0 Å². The van der Waals surface area contributed by atoms with Gasteiger partial charge in [0.2, 0.25) is 0 Å². The number of rotatable bonds is 7. The summed E-state index contributed by atoms with van der Waals surface area (Å²) in [6, 6.07) is 12.7. The highest BCUT2D eigenvalue weighted by molar-refractivity contribution is 7.90. The third-order valence-electron chi connectivity index (χ3n) is 5.13. The number of nitrogens with one attached hydrogen (secondary N) is 1. The number of anilines is 1. The smallest absolute Gasteiger partial charge is 0.325 e. The van der Waals surface area contributed by atoms with Crippen molar-refractivity contribution in [1.29, 1.82) is 0 Å². The zero-order valence-electron chi connectivity index (χ0n) is 16.9. The number of sulfonamides is 1.